The molecule has 5 nitrogen and oxygen atoms in total. The summed E-state index contributed by atoms with van der Waals surface area (Å²) in [6, 6.07) is 1.03. The summed E-state index contributed by atoms with van der Waals surface area (Å²) >= 11 is 0. The summed E-state index contributed by atoms with van der Waals surface area (Å²) in [5.41, 5.74) is -0.558. The van der Waals surface area contributed by atoms with E-state index < -0.39 is 11.9 Å². The fourth-order valence-electron chi connectivity index (χ4n) is 2.31. The highest BCUT2D eigenvalue weighted by atomic mass is 19.4. The van der Waals surface area contributed by atoms with Crippen molar-refractivity contribution in [1.29, 1.82) is 0 Å². The molecule has 0 saturated carbocycles. The van der Waals surface area contributed by atoms with Gasteiger partial charge in [0.2, 0.25) is 0 Å². The first-order chi connectivity index (χ1) is 9.82. The Morgan fingerprint density at radius 3 is 2.76 bits per heavy atom. The molecule has 0 radical (unpaired) electrons. The molecule has 116 valence electrons. The maximum Gasteiger partial charge on any atom is 0.435 e. The SMILES string of the molecule is CNCC(C)CN(C)c1nccn2nc(C(F)(F)F)cc12. The minimum atomic E-state index is -4.46. The Balaban J connectivity index is 2.33. The van der Waals surface area contributed by atoms with Crippen molar-refractivity contribution in [1.82, 2.24) is 19.9 Å². The number of rotatable bonds is 5. The van der Waals surface area contributed by atoms with Crippen molar-refractivity contribution in [3.8, 4) is 0 Å². The second kappa shape index (κ2) is 5.88. The molecule has 2 aromatic rings. The summed E-state index contributed by atoms with van der Waals surface area (Å²) in [4.78, 5) is 6.04. The van der Waals surface area contributed by atoms with Gasteiger partial charge < -0.3 is 10.2 Å². The molecule has 0 aliphatic rings. The van der Waals surface area contributed by atoms with E-state index in [1.165, 1.54) is 16.9 Å². The van der Waals surface area contributed by atoms with Gasteiger partial charge in [0.15, 0.2) is 11.5 Å². The van der Waals surface area contributed by atoms with Crippen molar-refractivity contribution in [2.45, 2.75) is 13.1 Å². The van der Waals surface area contributed by atoms with Gasteiger partial charge in [-0.1, -0.05) is 6.92 Å². The molecule has 2 rings (SSSR count). The van der Waals surface area contributed by atoms with Crippen LogP contribution in [0, 0.1) is 5.92 Å². The molecule has 0 fully saturated rings. The van der Waals surface area contributed by atoms with Crippen LogP contribution in [0.2, 0.25) is 0 Å². The predicted molar refractivity (Wildman–Crippen MR) is 74.3 cm³/mol. The topological polar surface area (TPSA) is 45.5 Å². The summed E-state index contributed by atoms with van der Waals surface area (Å²) in [6.07, 6.45) is -1.59. The van der Waals surface area contributed by atoms with Crippen LogP contribution in [0.1, 0.15) is 12.6 Å². The van der Waals surface area contributed by atoms with Crippen molar-refractivity contribution in [3.63, 3.8) is 0 Å². The van der Waals surface area contributed by atoms with E-state index in [2.05, 4.69) is 22.3 Å². The monoisotopic (exact) mass is 301 g/mol. The number of hydrogen-bond donors (Lipinski definition) is 1. The van der Waals surface area contributed by atoms with Gasteiger partial charge in [-0.2, -0.15) is 18.3 Å². The summed E-state index contributed by atoms with van der Waals surface area (Å²) in [5.74, 6) is 0.829. The van der Waals surface area contributed by atoms with Crippen molar-refractivity contribution in [2.24, 2.45) is 5.92 Å². The van der Waals surface area contributed by atoms with Gasteiger partial charge in [0, 0.05) is 32.1 Å². The van der Waals surface area contributed by atoms with Gasteiger partial charge in [-0.25, -0.2) is 9.50 Å². The Morgan fingerprint density at radius 2 is 2.14 bits per heavy atom. The zero-order chi connectivity index (χ0) is 15.6. The molecule has 0 aromatic carbocycles. The lowest BCUT2D eigenvalue weighted by Gasteiger charge is -2.22. The third-order valence-electron chi connectivity index (χ3n) is 3.16. The van der Waals surface area contributed by atoms with E-state index in [0.29, 0.717) is 23.8 Å². The second-order valence-electron chi connectivity index (χ2n) is 5.15. The van der Waals surface area contributed by atoms with Gasteiger partial charge in [0.25, 0.3) is 0 Å². The van der Waals surface area contributed by atoms with Crippen molar-refractivity contribution in [3.05, 3.63) is 24.2 Å². The minimum Gasteiger partial charge on any atom is -0.358 e. The maximum absolute atomic E-state index is 12.8. The molecule has 8 heteroatoms. The van der Waals surface area contributed by atoms with Crippen LogP contribution in [0.5, 0.6) is 0 Å². The molecule has 0 aliphatic heterocycles. The number of fused-ring (bicyclic) bond motifs is 1. The Labute approximate surface area is 120 Å². The van der Waals surface area contributed by atoms with Crippen LogP contribution in [0.3, 0.4) is 0 Å². The third-order valence-corrected chi connectivity index (χ3v) is 3.16. The van der Waals surface area contributed by atoms with Gasteiger partial charge in [0.1, 0.15) is 5.52 Å². The van der Waals surface area contributed by atoms with E-state index in [1.54, 1.807) is 0 Å². The molecule has 0 aliphatic carbocycles. The lowest BCUT2D eigenvalue weighted by atomic mass is 10.1. The number of nitrogens with one attached hydrogen (secondary N) is 1. The molecular formula is C13H18F3N5. The van der Waals surface area contributed by atoms with Crippen molar-refractivity contribution >= 4 is 11.3 Å². The number of alkyl halides is 3. The summed E-state index contributed by atoms with van der Waals surface area (Å²) < 4.78 is 39.5. The quantitative estimate of drug-likeness (QED) is 0.918. The smallest absolute Gasteiger partial charge is 0.358 e. The zero-order valence-corrected chi connectivity index (χ0v) is 12.1. The largest absolute Gasteiger partial charge is 0.435 e. The van der Waals surface area contributed by atoms with Crippen LogP contribution in [0.25, 0.3) is 5.52 Å². The zero-order valence-electron chi connectivity index (χ0n) is 12.1. The minimum absolute atomic E-state index is 0.340. The Bertz CT molecular complexity index is 607. The van der Waals surface area contributed by atoms with Gasteiger partial charge in [-0.05, 0) is 19.5 Å². The van der Waals surface area contributed by atoms with Gasteiger partial charge >= 0.3 is 6.18 Å². The lowest BCUT2D eigenvalue weighted by Crippen LogP contribution is -2.30. The van der Waals surface area contributed by atoms with Crippen LogP contribution < -0.4 is 10.2 Å². The van der Waals surface area contributed by atoms with Crippen molar-refractivity contribution in [2.75, 3.05) is 32.1 Å². The van der Waals surface area contributed by atoms with E-state index in [-0.39, 0.29) is 0 Å². The normalized spacial score (nSPS) is 13.6. The molecular weight excluding hydrogens is 283 g/mol. The number of nitrogens with zero attached hydrogens (tertiary/aromatic N) is 4. The van der Waals surface area contributed by atoms with Crippen LogP contribution in [-0.2, 0) is 6.18 Å². The van der Waals surface area contributed by atoms with Crippen LogP contribution in [0.15, 0.2) is 18.5 Å². The molecule has 2 heterocycles. The number of halogens is 3. The van der Waals surface area contributed by atoms with Crippen LogP contribution >= 0.6 is 0 Å². The first-order valence-corrected chi connectivity index (χ1v) is 6.60. The number of aromatic nitrogens is 3. The fraction of sp³-hybridized carbons (Fsp3) is 0.538. The molecule has 1 N–H and O–H groups in total. The maximum atomic E-state index is 12.8. The average Bonchev–Trinajstić information content (AvgIpc) is 2.82. The highest BCUT2D eigenvalue weighted by molar-refractivity contribution is 5.69. The molecule has 0 amide bonds. The Kier molecular flexibility index (Phi) is 4.36. The first kappa shape index (κ1) is 15.6. The lowest BCUT2D eigenvalue weighted by molar-refractivity contribution is -0.141. The van der Waals surface area contributed by atoms with E-state index in [9.17, 15) is 13.2 Å². The number of anilines is 1. The van der Waals surface area contributed by atoms with Crippen LogP contribution in [-0.4, -0.2) is 41.8 Å². The number of hydrogen-bond acceptors (Lipinski definition) is 4. The van der Waals surface area contributed by atoms with E-state index >= 15 is 0 Å². The summed E-state index contributed by atoms with van der Waals surface area (Å²) in [7, 11) is 3.68. The fourth-order valence-corrected chi connectivity index (χ4v) is 2.31. The van der Waals surface area contributed by atoms with Gasteiger partial charge in [-0.15, -0.1) is 0 Å². The summed E-state index contributed by atoms with van der Waals surface area (Å²) in [6.45, 7) is 3.56. The highest BCUT2D eigenvalue weighted by Gasteiger charge is 2.34. The average molecular weight is 301 g/mol. The molecule has 0 saturated heterocycles. The molecule has 21 heavy (non-hydrogen) atoms. The van der Waals surface area contributed by atoms with Crippen molar-refractivity contribution < 1.29 is 13.2 Å². The van der Waals surface area contributed by atoms with Crippen LogP contribution in [0.4, 0.5) is 19.0 Å². The molecule has 0 spiro atoms. The standard InChI is InChI=1S/C13H18F3N5/c1-9(7-17-2)8-20(3)12-10-6-11(13(14,15)16)19-21(10)5-4-18-12/h4-6,9,17H,7-8H2,1-3H3. The molecule has 1 atom stereocenters. The van der Waals surface area contributed by atoms with E-state index in [4.69, 9.17) is 0 Å². The molecule has 0 bridgehead atoms. The third kappa shape index (κ3) is 3.44. The second-order valence-corrected chi connectivity index (χ2v) is 5.15. The Morgan fingerprint density at radius 1 is 1.43 bits per heavy atom. The van der Waals surface area contributed by atoms with Gasteiger partial charge in [0.05, 0.1) is 0 Å². The van der Waals surface area contributed by atoms with E-state index in [0.717, 1.165) is 12.6 Å². The Hall–Kier alpha value is -1.83. The van der Waals surface area contributed by atoms with E-state index in [1.807, 2.05) is 19.0 Å². The highest BCUT2D eigenvalue weighted by Crippen LogP contribution is 2.30. The predicted octanol–water partition coefficient (Wildman–Crippen LogP) is 2.04. The molecule has 1 unspecified atom stereocenters. The first-order valence-electron chi connectivity index (χ1n) is 6.60. The summed E-state index contributed by atoms with van der Waals surface area (Å²) in [5, 5.41) is 6.63. The van der Waals surface area contributed by atoms with Gasteiger partial charge in [-0.3, -0.25) is 0 Å². The molecule has 2 aromatic heterocycles.